The van der Waals surface area contributed by atoms with Gasteiger partial charge in [-0.25, -0.2) is 4.98 Å². The molecule has 0 bridgehead atoms. The van der Waals surface area contributed by atoms with Crippen molar-refractivity contribution in [2.24, 2.45) is 0 Å². The minimum Gasteiger partial charge on any atom is -0.497 e. The molecule has 0 aliphatic heterocycles. The van der Waals surface area contributed by atoms with Gasteiger partial charge in [0.15, 0.2) is 5.13 Å². The molecule has 0 spiro atoms. The summed E-state index contributed by atoms with van der Waals surface area (Å²) in [4.78, 5) is 16.5. The van der Waals surface area contributed by atoms with Crippen LogP contribution in [-0.4, -0.2) is 18.0 Å². The number of hydrogen-bond acceptors (Lipinski definition) is 5. The van der Waals surface area contributed by atoms with E-state index >= 15 is 0 Å². The lowest BCUT2D eigenvalue weighted by molar-refractivity contribution is 0.0946. The van der Waals surface area contributed by atoms with Gasteiger partial charge in [-0.1, -0.05) is 30.3 Å². The number of benzene rings is 2. The lowest BCUT2D eigenvalue weighted by Crippen LogP contribution is -2.23. The first kappa shape index (κ1) is 16.0. The molecular weight excluding hydrogens is 322 g/mol. The van der Waals surface area contributed by atoms with Gasteiger partial charge in [0.2, 0.25) is 0 Å². The highest BCUT2D eigenvalue weighted by atomic mass is 32.1. The molecule has 1 aromatic heterocycles. The number of ether oxygens (including phenoxy) is 1. The van der Waals surface area contributed by atoms with E-state index in [9.17, 15) is 4.79 Å². The van der Waals surface area contributed by atoms with Gasteiger partial charge in [-0.05, 0) is 29.8 Å². The molecular formula is C18H17N3O2S. The summed E-state index contributed by atoms with van der Waals surface area (Å²) in [5.41, 5.74) is 2.32. The summed E-state index contributed by atoms with van der Waals surface area (Å²) in [6.45, 7) is 0.426. The summed E-state index contributed by atoms with van der Waals surface area (Å²) < 4.78 is 5.17. The van der Waals surface area contributed by atoms with E-state index in [2.05, 4.69) is 15.6 Å². The van der Waals surface area contributed by atoms with Gasteiger partial charge in [-0.2, -0.15) is 0 Å². The molecule has 0 atom stereocenters. The second-order valence-corrected chi connectivity index (χ2v) is 5.92. The summed E-state index contributed by atoms with van der Waals surface area (Å²) in [6.07, 6.45) is 0. The number of nitrogens with zero attached hydrogens (tertiary/aromatic N) is 1. The fourth-order valence-corrected chi connectivity index (χ4v) is 2.85. The number of aromatic nitrogens is 1. The van der Waals surface area contributed by atoms with Gasteiger partial charge < -0.3 is 15.4 Å². The fourth-order valence-electron chi connectivity index (χ4n) is 2.14. The molecule has 2 aromatic carbocycles. The number of amides is 1. The van der Waals surface area contributed by atoms with Gasteiger partial charge in [0.25, 0.3) is 5.91 Å². The Labute approximate surface area is 144 Å². The highest BCUT2D eigenvalue weighted by Crippen LogP contribution is 2.20. The van der Waals surface area contributed by atoms with Crippen LogP contribution >= 0.6 is 11.3 Å². The van der Waals surface area contributed by atoms with Gasteiger partial charge in [-0.15, -0.1) is 11.3 Å². The smallest absolute Gasteiger partial charge is 0.271 e. The molecule has 3 aromatic rings. The highest BCUT2D eigenvalue weighted by Gasteiger charge is 2.10. The zero-order chi connectivity index (χ0) is 16.8. The second kappa shape index (κ2) is 7.61. The lowest BCUT2D eigenvalue weighted by atomic mass is 10.2. The van der Waals surface area contributed by atoms with Gasteiger partial charge >= 0.3 is 0 Å². The first-order chi connectivity index (χ1) is 11.7. The van der Waals surface area contributed by atoms with Gasteiger partial charge in [0.05, 0.1) is 7.11 Å². The van der Waals surface area contributed by atoms with Crippen LogP contribution in [0.1, 0.15) is 16.1 Å². The van der Waals surface area contributed by atoms with Crippen molar-refractivity contribution in [1.29, 1.82) is 0 Å². The third kappa shape index (κ3) is 4.11. The van der Waals surface area contributed by atoms with Crippen LogP contribution < -0.4 is 15.4 Å². The Balaban J connectivity index is 1.59. The van der Waals surface area contributed by atoms with Crippen molar-refractivity contribution in [3.63, 3.8) is 0 Å². The zero-order valence-corrected chi connectivity index (χ0v) is 14.0. The zero-order valence-electron chi connectivity index (χ0n) is 13.2. The lowest BCUT2D eigenvalue weighted by Gasteiger charge is -2.05. The minimum absolute atomic E-state index is 0.199. The number of hydrogen-bond donors (Lipinski definition) is 2. The minimum atomic E-state index is -0.199. The maximum absolute atomic E-state index is 12.2. The molecule has 1 heterocycles. The van der Waals surface area contributed by atoms with Crippen molar-refractivity contribution in [1.82, 2.24) is 10.3 Å². The van der Waals surface area contributed by atoms with E-state index in [-0.39, 0.29) is 5.91 Å². The van der Waals surface area contributed by atoms with Gasteiger partial charge in [0, 0.05) is 17.6 Å². The molecule has 0 saturated heterocycles. The largest absolute Gasteiger partial charge is 0.497 e. The molecule has 0 radical (unpaired) electrons. The maximum atomic E-state index is 12.2. The van der Waals surface area contributed by atoms with E-state index in [0.717, 1.165) is 17.0 Å². The van der Waals surface area contributed by atoms with Crippen LogP contribution in [0.15, 0.2) is 60.0 Å². The van der Waals surface area contributed by atoms with Crippen LogP contribution in [0.3, 0.4) is 0 Å². The molecule has 122 valence electrons. The first-order valence-electron chi connectivity index (χ1n) is 7.43. The summed E-state index contributed by atoms with van der Waals surface area (Å²) in [6, 6.07) is 17.3. The summed E-state index contributed by atoms with van der Waals surface area (Å²) in [5, 5.41) is 8.47. The number of anilines is 2. The molecule has 2 N–H and O–H groups in total. The van der Waals surface area contributed by atoms with Crippen molar-refractivity contribution in [2.45, 2.75) is 6.54 Å². The number of nitrogens with one attached hydrogen (secondary N) is 2. The Hall–Kier alpha value is -2.86. The van der Waals surface area contributed by atoms with Gasteiger partial charge in [0.1, 0.15) is 11.4 Å². The number of carbonyl (C=O) groups is 1. The Morgan fingerprint density at radius 3 is 2.79 bits per heavy atom. The van der Waals surface area contributed by atoms with E-state index in [1.165, 1.54) is 11.3 Å². The van der Waals surface area contributed by atoms with Crippen LogP contribution in [0, 0.1) is 0 Å². The molecule has 6 heteroatoms. The summed E-state index contributed by atoms with van der Waals surface area (Å²) in [5.74, 6) is 0.569. The van der Waals surface area contributed by atoms with Crippen molar-refractivity contribution >= 4 is 28.1 Å². The number of rotatable bonds is 6. The Bertz CT molecular complexity index is 818. The van der Waals surface area contributed by atoms with Crippen LogP contribution in [0.4, 0.5) is 10.8 Å². The van der Waals surface area contributed by atoms with Crippen LogP contribution in [0.25, 0.3) is 0 Å². The quantitative estimate of drug-likeness (QED) is 0.716. The summed E-state index contributed by atoms with van der Waals surface area (Å²) >= 11 is 1.40. The van der Waals surface area contributed by atoms with E-state index < -0.39 is 0 Å². The van der Waals surface area contributed by atoms with Crippen LogP contribution in [0.2, 0.25) is 0 Å². The van der Waals surface area contributed by atoms with Crippen molar-refractivity contribution < 1.29 is 9.53 Å². The molecule has 0 saturated carbocycles. The van der Waals surface area contributed by atoms with E-state index in [1.54, 1.807) is 12.5 Å². The average Bonchev–Trinajstić information content (AvgIpc) is 3.09. The molecule has 3 rings (SSSR count). The molecule has 0 unspecified atom stereocenters. The average molecular weight is 339 g/mol. The Morgan fingerprint density at radius 2 is 2.00 bits per heavy atom. The number of carbonyl (C=O) groups excluding carboxylic acids is 1. The standard InChI is InChI=1S/C18H17N3O2S/c1-23-15-9-5-6-13(10-15)11-19-17(22)16-12-24-18(21-16)20-14-7-3-2-4-8-14/h2-10,12H,11H2,1H3,(H,19,22)(H,20,21). The molecule has 1 amide bonds. The Kier molecular flexibility index (Phi) is 5.08. The normalized spacial score (nSPS) is 10.2. The summed E-state index contributed by atoms with van der Waals surface area (Å²) in [7, 11) is 1.62. The Morgan fingerprint density at radius 1 is 1.17 bits per heavy atom. The van der Waals surface area contributed by atoms with Gasteiger partial charge in [-0.3, -0.25) is 4.79 Å². The fraction of sp³-hybridized carbons (Fsp3) is 0.111. The molecule has 0 aliphatic rings. The van der Waals surface area contributed by atoms with Crippen LogP contribution in [-0.2, 0) is 6.54 Å². The third-order valence-corrected chi connectivity index (χ3v) is 4.11. The van der Waals surface area contributed by atoms with E-state index in [4.69, 9.17) is 4.74 Å². The number of para-hydroxylation sites is 1. The number of thiazole rings is 1. The van der Waals surface area contributed by atoms with Crippen molar-refractivity contribution in [3.8, 4) is 5.75 Å². The molecule has 0 fully saturated rings. The molecule has 0 aliphatic carbocycles. The topological polar surface area (TPSA) is 63.2 Å². The molecule has 5 nitrogen and oxygen atoms in total. The second-order valence-electron chi connectivity index (χ2n) is 5.06. The van der Waals surface area contributed by atoms with Crippen molar-refractivity contribution in [2.75, 3.05) is 12.4 Å². The maximum Gasteiger partial charge on any atom is 0.271 e. The number of methoxy groups -OCH3 is 1. The van der Waals surface area contributed by atoms with E-state index in [0.29, 0.717) is 17.4 Å². The van der Waals surface area contributed by atoms with E-state index in [1.807, 2.05) is 54.6 Å². The predicted octanol–water partition coefficient (Wildman–Crippen LogP) is 3.83. The van der Waals surface area contributed by atoms with Crippen LogP contribution in [0.5, 0.6) is 5.75 Å². The third-order valence-electron chi connectivity index (χ3n) is 3.35. The molecule has 24 heavy (non-hydrogen) atoms. The predicted molar refractivity (Wildman–Crippen MR) is 96.0 cm³/mol. The first-order valence-corrected chi connectivity index (χ1v) is 8.31. The monoisotopic (exact) mass is 339 g/mol. The highest BCUT2D eigenvalue weighted by molar-refractivity contribution is 7.14. The van der Waals surface area contributed by atoms with Crippen molar-refractivity contribution in [3.05, 3.63) is 71.2 Å². The SMILES string of the molecule is COc1cccc(CNC(=O)c2csc(Nc3ccccc3)n2)c1.